The molecule has 3 heteroatoms. The van der Waals surface area contributed by atoms with Crippen LogP contribution in [0.2, 0.25) is 0 Å². The van der Waals surface area contributed by atoms with Gasteiger partial charge in [0.15, 0.2) is 0 Å². The number of carbonyl (C=O) groups excluding carboxylic acids is 1. The van der Waals surface area contributed by atoms with Gasteiger partial charge < -0.3 is 0 Å². The summed E-state index contributed by atoms with van der Waals surface area (Å²) in [5.41, 5.74) is -0.0131. The molecule has 0 N–H and O–H groups in total. The summed E-state index contributed by atoms with van der Waals surface area (Å²) in [6.45, 7) is 10.2. The van der Waals surface area contributed by atoms with Crippen LogP contribution in [0.25, 0.3) is 0 Å². The number of piperidine rings is 1. The Balaban J connectivity index is 3.09. The topological polar surface area (TPSA) is 26.3 Å². The second-order valence-corrected chi connectivity index (χ2v) is 5.99. The van der Waals surface area contributed by atoms with Crippen molar-refractivity contribution in [2.45, 2.75) is 65.0 Å². The number of rotatable bonds is 1. The number of hydroxylamine groups is 3. The minimum absolute atomic E-state index is 0.00653. The molecule has 0 unspecified atom stereocenters. The first-order valence-corrected chi connectivity index (χ1v) is 5.69. The molecule has 15 heavy (non-hydrogen) atoms. The molecule has 1 heterocycles. The molecule has 0 aliphatic carbocycles. The van der Waals surface area contributed by atoms with E-state index in [2.05, 4.69) is 27.7 Å². The van der Waals surface area contributed by atoms with E-state index in [-0.39, 0.29) is 17.0 Å². The molecule has 0 amide bonds. The van der Waals surface area contributed by atoms with Crippen LogP contribution in [-0.2, 0) is 9.63 Å². The van der Waals surface area contributed by atoms with Crippen LogP contribution < -0.4 is 0 Å². The van der Waals surface area contributed by atoms with Crippen LogP contribution in [0.1, 0.15) is 53.9 Å². The normalized spacial score (nSPS) is 27.1. The van der Waals surface area contributed by atoms with Crippen molar-refractivity contribution in [3.8, 4) is 0 Å². The fourth-order valence-corrected chi connectivity index (χ4v) is 2.70. The third kappa shape index (κ3) is 1.89. The summed E-state index contributed by atoms with van der Waals surface area (Å²) >= 11 is 0. The zero-order chi connectivity index (χ0) is 11.9. The second kappa shape index (κ2) is 3.48. The highest BCUT2D eigenvalue weighted by Gasteiger charge is 2.57. The van der Waals surface area contributed by atoms with Crippen molar-refractivity contribution in [3.05, 3.63) is 0 Å². The highest BCUT2D eigenvalue weighted by Crippen LogP contribution is 2.44. The van der Waals surface area contributed by atoms with Crippen molar-refractivity contribution < 1.29 is 14.3 Å². The molecular formula is C12H24NO2+. The van der Waals surface area contributed by atoms with E-state index in [0.717, 1.165) is 12.8 Å². The largest absolute Gasteiger partial charge is 0.363 e. The Morgan fingerprint density at radius 3 is 1.87 bits per heavy atom. The van der Waals surface area contributed by atoms with Crippen molar-refractivity contribution in [2.24, 2.45) is 0 Å². The summed E-state index contributed by atoms with van der Waals surface area (Å²) in [7, 11) is 2.03. The maximum atomic E-state index is 11.3. The summed E-state index contributed by atoms with van der Waals surface area (Å²) in [6, 6.07) is 0. The molecule has 88 valence electrons. The van der Waals surface area contributed by atoms with Crippen LogP contribution in [0, 0.1) is 0 Å². The van der Waals surface area contributed by atoms with Crippen molar-refractivity contribution in [1.29, 1.82) is 0 Å². The van der Waals surface area contributed by atoms with E-state index < -0.39 is 0 Å². The van der Waals surface area contributed by atoms with E-state index in [1.165, 1.54) is 13.3 Å². The molecule has 0 atom stereocenters. The number of hydrogen-bond acceptors (Lipinski definition) is 2. The molecule has 0 aromatic carbocycles. The zero-order valence-electron chi connectivity index (χ0n) is 10.9. The molecule has 1 fully saturated rings. The molecule has 0 bridgehead atoms. The lowest BCUT2D eigenvalue weighted by Gasteiger charge is -2.55. The van der Waals surface area contributed by atoms with Gasteiger partial charge in [0.05, 0.1) is 0 Å². The predicted molar refractivity (Wildman–Crippen MR) is 60.0 cm³/mol. The lowest BCUT2D eigenvalue weighted by molar-refractivity contribution is -1.15. The van der Waals surface area contributed by atoms with Gasteiger partial charge in [0.1, 0.15) is 18.1 Å². The van der Waals surface area contributed by atoms with Crippen LogP contribution in [0.4, 0.5) is 0 Å². The van der Waals surface area contributed by atoms with Gasteiger partial charge >= 0.3 is 5.97 Å². The number of hydrogen-bond donors (Lipinski definition) is 0. The Hall–Kier alpha value is -0.570. The smallest absolute Gasteiger partial charge is 0.276 e. The van der Waals surface area contributed by atoms with Crippen LogP contribution in [0.15, 0.2) is 0 Å². The molecule has 1 aliphatic heterocycles. The van der Waals surface area contributed by atoms with Crippen LogP contribution in [0.3, 0.4) is 0 Å². The van der Waals surface area contributed by atoms with E-state index in [0.29, 0.717) is 4.65 Å². The average Bonchev–Trinajstić information content (AvgIpc) is 1.99. The molecule has 3 nitrogen and oxygen atoms in total. The van der Waals surface area contributed by atoms with Gasteiger partial charge in [0, 0.05) is 19.8 Å². The van der Waals surface area contributed by atoms with Gasteiger partial charge in [-0.3, -0.25) is 4.84 Å². The highest BCUT2D eigenvalue weighted by molar-refractivity contribution is 5.65. The third-order valence-corrected chi connectivity index (χ3v) is 4.20. The average molecular weight is 214 g/mol. The maximum Gasteiger partial charge on any atom is 0.363 e. The molecule has 1 rings (SSSR count). The van der Waals surface area contributed by atoms with E-state index >= 15 is 0 Å². The summed E-state index contributed by atoms with van der Waals surface area (Å²) in [5.74, 6) is -0.194. The van der Waals surface area contributed by atoms with Gasteiger partial charge in [-0.1, -0.05) is 0 Å². The number of nitrogens with zero attached hydrogens (tertiary/aromatic N) is 1. The van der Waals surface area contributed by atoms with E-state index in [1.54, 1.807) is 0 Å². The summed E-state index contributed by atoms with van der Waals surface area (Å²) in [6.07, 6.45) is 3.40. The number of carbonyl (C=O) groups is 1. The SMILES string of the molecule is CC(=O)O[N+]1(C)C(C)(C)CCCC1(C)C. The van der Waals surface area contributed by atoms with Gasteiger partial charge in [-0.15, -0.1) is 4.65 Å². The van der Waals surface area contributed by atoms with Crippen molar-refractivity contribution in [2.75, 3.05) is 7.05 Å². The highest BCUT2D eigenvalue weighted by atomic mass is 16.8. The second-order valence-electron chi connectivity index (χ2n) is 5.99. The Labute approximate surface area is 92.9 Å². The lowest BCUT2D eigenvalue weighted by Crippen LogP contribution is -2.71. The molecular weight excluding hydrogens is 190 g/mol. The summed E-state index contributed by atoms with van der Waals surface area (Å²) in [5, 5.41) is 0. The molecule has 0 spiro atoms. The van der Waals surface area contributed by atoms with Gasteiger partial charge in [-0.25, -0.2) is 4.79 Å². The number of quaternary nitrogens is 1. The summed E-state index contributed by atoms with van der Waals surface area (Å²) < 4.78 is 0.384. The van der Waals surface area contributed by atoms with Gasteiger partial charge in [0.25, 0.3) is 0 Å². The van der Waals surface area contributed by atoms with E-state index in [1.807, 2.05) is 7.05 Å². The minimum atomic E-state index is -0.194. The molecule has 1 saturated heterocycles. The lowest BCUT2D eigenvalue weighted by atomic mass is 9.79. The Bertz CT molecular complexity index is 253. The Morgan fingerprint density at radius 1 is 1.13 bits per heavy atom. The minimum Gasteiger partial charge on any atom is -0.276 e. The van der Waals surface area contributed by atoms with E-state index in [4.69, 9.17) is 4.84 Å². The van der Waals surface area contributed by atoms with Gasteiger partial charge in [0.2, 0.25) is 0 Å². The number of likely N-dealkylation sites (tertiary alicyclic amines) is 1. The zero-order valence-corrected chi connectivity index (χ0v) is 10.9. The molecule has 1 aliphatic rings. The monoisotopic (exact) mass is 214 g/mol. The maximum absolute atomic E-state index is 11.3. The van der Waals surface area contributed by atoms with Crippen LogP contribution in [-0.4, -0.2) is 28.7 Å². The summed E-state index contributed by atoms with van der Waals surface area (Å²) in [4.78, 5) is 16.9. The fraction of sp³-hybridized carbons (Fsp3) is 0.917. The first kappa shape index (κ1) is 12.5. The first-order chi connectivity index (χ1) is 6.62. The van der Waals surface area contributed by atoms with Crippen LogP contribution >= 0.6 is 0 Å². The molecule has 0 radical (unpaired) electrons. The Morgan fingerprint density at radius 2 is 1.53 bits per heavy atom. The quantitative estimate of drug-likeness (QED) is 0.627. The molecule has 0 aromatic heterocycles. The van der Waals surface area contributed by atoms with Crippen molar-refractivity contribution in [3.63, 3.8) is 0 Å². The Kier molecular flexibility index (Phi) is 2.90. The van der Waals surface area contributed by atoms with Crippen LogP contribution in [0.5, 0.6) is 0 Å². The molecule has 0 saturated carbocycles. The molecule has 0 aromatic rings. The van der Waals surface area contributed by atoms with Gasteiger partial charge in [-0.05, 0) is 34.1 Å². The predicted octanol–water partition coefficient (Wildman–Crippen LogP) is 2.65. The van der Waals surface area contributed by atoms with Crippen molar-refractivity contribution >= 4 is 5.97 Å². The van der Waals surface area contributed by atoms with Gasteiger partial charge in [-0.2, -0.15) is 0 Å². The standard InChI is InChI=1S/C12H24NO2/c1-10(14)15-13(6)11(2,3)8-7-9-12(13,4)5/h7-9H2,1-6H3/q+1. The fourth-order valence-electron chi connectivity index (χ4n) is 2.70. The van der Waals surface area contributed by atoms with Crippen molar-refractivity contribution in [1.82, 2.24) is 0 Å². The third-order valence-electron chi connectivity index (χ3n) is 4.20. The first-order valence-electron chi connectivity index (χ1n) is 5.69. The van der Waals surface area contributed by atoms with E-state index in [9.17, 15) is 4.79 Å².